The first kappa shape index (κ1) is 22.1. The number of nitriles is 1. The van der Waals surface area contributed by atoms with Crippen molar-refractivity contribution < 1.29 is 4.79 Å². The summed E-state index contributed by atoms with van der Waals surface area (Å²) in [4.78, 5) is 32.9. The molecule has 164 valence electrons. The maximum absolute atomic E-state index is 13.3. The van der Waals surface area contributed by atoms with E-state index < -0.39 is 5.54 Å². The Morgan fingerprint density at radius 3 is 2.71 bits per heavy atom. The number of aromatic nitrogens is 2. The largest absolute Gasteiger partial charge is 0.337 e. The molecule has 8 heteroatoms. The number of fused-ring (bicyclic) bond motifs is 3. The summed E-state index contributed by atoms with van der Waals surface area (Å²) in [5, 5.41) is 14.0. The highest BCUT2D eigenvalue weighted by Gasteiger charge is 2.32. The van der Waals surface area contributed by atoms with Crippen molar-refractivity contribution in [2.45, 2.75) is 81.4 Å². The fraction of sp³-hybridized carbons (Fsp3) is 0.565. The summed E-state index contributed by atoms with van der Waals surface area (Å²) in [6, 6.07) is 2.36. The average Bonchev–Trinajstić information content (AvgIpc) is 2.99. The van der Waals surface area contributed by atoms with Gasteiger partial charge in [-0.3, -0.25) is 14.2 Å². The van der Waals surface area contributed by atoms with Gasteiger partial charge in [-0.15, -0.1) is 17.9 Å². The van der Waals surface area contributed by atoms with Crippen LogP contribution < -0.4 is 10.9 Å². The summed E-state index contributed by atoms with van der Waals surface area (Å²) in [6.45, 7) is 4.15. The van der Waals surface area contributed by atoms with Crippen LogP contribution in [-0.2, 0) is 24.2 Å². The summed E-state index contributed by atoms with van der Waals surface area (Å²) < 4.78 is 1.63. The maximum atomic E-state index is 13.3. The Hall–Kier alpha value is -2.11. The molecule has 1 amide bonds. The van der Waals surface area contributed by atoms with Gasteiger partial charge in [0.2, 0.25) is 5.91 Å². The van der Waals surface area contributed by atoms with Gasteiger partial charge in [0.15, 0.2) is 5.16 Å². The number of allylic oxidation sites excluding steroid dienone is 1. The Labute approximate surface area is 190 Å². The van der Waals surface area contributed by atoms with Gasteiger partial charge in [-0.25, -0.2) is 4.98 Å². The van der Waals surface area contributed by atoms with Crippen LogP contribution >= 0.6 is 23.1 Å². The maximum Gasteiger partial charge on any atom is 0.263 e. The molecule has 1 fully saturated rings. The fourth-order valence-corrected chi connectivity index (χ4v) is 6.76. The van der Waals surface area contributed by atoms with Gasteiger partial charge in [-0.05, 0) is 44.1 Å². The lowest BCUT2D eigenvalue weighted by Gasteiger charge is -2.26. The number of thiophene rings is 1. The van der Waals surface area contributed by atoms with Gasteiger partial charge in [0.1, 0.15) is 10.4 Å². The molecular formula is C23H28N4O2S2. The molecule has 2 aromatic rings. The third-order valence-corrected chi connectivity index (χ3v) is 8.40. The fourth-order valence-electron chi connectivity index (χ4n) is 4.65. The third-order valence-electron chi connectivity index (χ3n) is 6.23. The van der Waals surface area contributed by atoms with E-state index in [-0.39, 0.29) is 17.2 Å². The van der Waals surface area contributed by atoms with Crippen LogP contribution in [0.1, 0.15) is 61.8 Å². The van der Waals surface area contributed by atoms with Crippen molar-refractivity contribution in [3.05, 3.63) is 33.4 Å². The van der Waals surface area contributed by atoms with Gasteiger partial charge < -0.3 is 5.32 Å². The number of hydrogen-bond acceptors (Lipinski definition) is 6. The number of thioether (sulfide) groups is 1. The van der Waals surface area contributed by atoms with Crippen molar-refractivity contribution in [2.75, 3.05) is 5.75 Å². The van der Waals surface area contributed by atoms with Crippen molar-refractivity contribution in [2.24, 2.45) is 0 Å². The van der Waals surface area contributed by atoms with E-state index in [1.54, 1.807) is 22.0 Å². The molecule has 2 aliphatic rings. The second-order valence-electron chi connectivity index (χ2n) is 8.43. The molecule has 1 saturated carbocycles. The van der Waals surface area contributed by atoms with E-state index in [9.17, 15) is 14.9 Å². The zero-order valence-electron chi connectivity index (χ0n) is 17.7. The van der Waals surface area contributed by atoms with Gasteiger partial charge in [-0.1, -0.05) is 43.5 Å². The third kappa shape index (κ3) is 4.58. The lowest BCUT2D eigenvalue weighted by molar-refractivity contribution is -0.120. The molecule has 4 rings (SSSR count). The molecule has 2 heterocycles. The molecule has 0 radical (unpaired) electrons. The predicted molar refractivity (Wildman–Crippen MR) is 126 cm³/mol. The number of carbonyl (C=O) groups is 1. The molecule has 1 N–H and O–H groups in total. The van der Waals surface area contributed by atoms with E-state index >= 15 is 0 Å². The minimum Gasteiger partial charge on any atom is -0.337 e. The summed E-state index contributed by atoms with van der Waals surface area (Å²) in [7, 11) is 0. The second kappa shape index (κ2) is 9.58. The van der Waals surface area contributed by atoms with Crippen LogP contribution in [0.2, 0.25) is 0 Å². The van der Waals surface area contributed by atoms with Crippen LogP contribution in [0.5, 0.6) is 0 Å². The smallest absolute Gasteiger partial charge is 0.263 e. The van der Waals surface area contributed by atoms with Crippen molar-refractivity contribution in [1.29, 1.82) is 5.26 Å². The van der Waals surface area contributed by atoms with Gasteiger partial charge in [0.05, 0.1) is 17.2 Å². The minimum atomic E-state index is -0.765. The zero-order valence-corrected chi connectivity index (χ0v) is 19.4. The summed E-state index contributed by atoms with van der Waals surface area (Å²) >= 11 is 2.88. The van der Waals surface area contributed by atoms with E-state index in [4.69, 9.17) is 4.98 Å². The molecule has 0 unspecified atom stereocenters. The number of hydrogen-bond donors (Lipinski definition) is 1. The van der Waals surface area contributed by atoms with E-state index in [1.807, 2.05) is 0 Å². The monoisotopic (exact) mass is 456 g/mol. The van der Waals surface area contributed by atoms with Crippen molar-refractivity contribution in [1.82, 2.24) is 14.9 Å². The first-order chi connectivity index (χ1) is 15.1. The number of nitrogens with one attached hydrogen (secondary N) is 1. The Morgan fingerprint density at radius 2 is 2.00 bits per heavy atom. The predicted octanol–water partition coefficient (Wildman–Crippen LogP) is 4.35. The van der Waals surface area contributed by atoms with E-state index in [1.165, 1.54) is 22.2 Å². The van der Waals surface area contributed by atoms with Crippen LogP contribution in [0, 0.1) is 11.3 Å². The first-order valence-electron chi connectivity index (χ1n) is 11.1. The molecule has 31 heavy (non-hydrogen) atoms. The lowest BCUT2D eigenvalue weighted by atomic mass is 9.92. The van der Waals surface area contributed by atoms with Crippen LogP contribution in [0.4, 0.5) is 0 Å². The van der Waals surface area contributed by atoms with E-state index in [0.29, 0.717) is 24.5 Å². The molecule has 0 aromatic carbocycles. The summed E-state index contributed by atoms with van der Waals surface area (Å²) in [5.41, 5.74) is 0.365. The number of rotatable bonds is 6. The quantitative estimate of drug-likeness (QED) is 0.302. The number of amides is 1. The van der Waals surface area contributed by atoms with Gasteiger partial charge >= 0.3 is 0 Å². The highest BCUT2D eigenvalue weighted by atomic mass is 32.2. The molecule has 2 aliphatic carbocycles. The van der Waals surface area contributed by atoms with Gasteiger partial charge in [-0.2, -0.15) is 5.26 Å². The standard InChI is InChI=1S/C23H28N4O2S2/c1-2-13-27-21(29)19-16-9-5-6-10-17(16)31-20(19)25-22(27)30-14-18(28)26-23(15-24)11-7-3-4-8-12-23/h2H,1,3-14H2,(H,26,28). The Morgan fingerprint density at radius 1 is 1.26 bits per heavy atom. The highest BCUT2D eigenvalue weighted by Crippen LogP contribution is 2.35. The van der Waals surface area contributed by atoms with Gasteiger partial charge in [0, 0.05) is 11.4 Å². The number of carbonyl (C=O) groups excluding carboxylic acids is 1. The van der Waals surface area contributed by atoms with Crippen LogP contribution in [0.15, 0.2) is 22.6 Å². The van der Waals surface area contributed by atoms with Crippen LogP contribution in [0.25, 0.3) is 10.2 Å². The Bertz CT molecular complexity index is 1090. The molecule has 0 atom stereocenters. The molecule has 0 aliphatic heterocycles. The van der Waals surface area contributed by atoms with Crippen molar-refractivity contribution in [3.63, 3.8) is 0 Å². The SMILES string of the molecule is C=CCn1c(SCC(=O)NC2(C#N)CCCCCC2)nc2sc3c(c2c1=O)CCCC3. The molecule has 6 nitrogen and oxygen atoms in total. The van der Waals surface area contributed by atoms with Crippen LogP contribution in [0.3, 0.4) is 0 Å². The molecular weight excluding hydrogens is 428 g/mol. The first-order valence-corrected chi connectivity index (χ1v) is 12.9. The zero-order chi connectivity index (χ0) is 21.8. The number of aryl methyl sites for hydroxylation is 2. The minimum absolute atomic E-state index is 0.0375. The summed E-state index contributed by atoms with van der Waals surface area (Å²) in [5.74, 6) is -0.0534. The Balaban J connectivity index is 1.57. The lowest BCUT2D eigenvalue weighted by Crippen LogP contribution is -2.47. The number of nitrogens with zero attached hydrogens (tertiary/aromatic N) is 3. The van der Waals surface area contributed by atoms with Crippen molar-refractivity contribution >= 4 is 39.2 Å². The molecule has 0 saturated heterocycles. The normalized spacial score (nSPS) is 18.0. The van der Waals surface area contributed by atoms with Crippen LogP contribution in [-0.4, -0.2) is 26.8 Å². The topological polar surface area (TPSA) is 87.8 Å². The Kier molecular flexibility index (Phi) is 6.83. The van der Waals surface area contributed by atoms with Gasteiger partial charge in [0.25, 0.3) is 5.56 Å². The molecule has 0 spiro atoms. The molecule has 0 bridgehead atoms. The average molecular weight is 457 g/mol. The second-order valence-corrected chi connectivity index (χ2v) is 10.5. The molecule has 2 aromatic heterocycles. The van der Waals surface area contributed by atoms with E-state index in [2.05, 4.69) is 18.0 Å². The highest BCUT2D eigenvalue weighted by molar-refractivity contribution is 7.99. The van der Waals surface area contributed by atoms with Crippen molar-refractivity contribution in [3.8, 4) is 6.07 Å². The summed E-state index contributed by atoms with van der Waals surface area (Å²) in [6.07, 6.45) is 11.4. The van der Waals surface area contributed by atoms with E-state index in [0.717, 1.165) is 61.6 Å².